The summed E-state index contributed by atoms with van der Waals surface area (Å²) in [5, 5.41) is 0. The monoisotopic (exact) mass is 382 g/mol. The number of rotatable bonds is 7. The Bertz CT molecular complexity index is 767. The van der Waals surface area contributed by atoms with E-state index in [1.54, 1.807) is 12.1 Å². The van der Waals surface area contributed by atoms with Gasteiger partial charge in [-0.1, -0.05) is 48.5 Å². The molecule has 0 aliphatic carbocycles. The van der Waals surface area contributed by atoms with E-state index in [-0.39, 0.29) is 0 Å². The molecule has 2 N–H and O–H groups in total. The number of ether oxygens (including phenoxy) is 2. The summed E-state index contributed by atoms with van der Waals surface area (Å²) in [6.07, 6.45) is -4.52. The molecule has 2 aromatic rings. The van der Waals surface area contributed by atoms with Crippen LogP contribution in [0, 0.1) is 0 Å². The zero-order valence-electron chi connectivity index (χ0n) is 14.1. The van der Waals surface area contributed by atoms with E-state index in [0.717, 1.165) is 11.1 Å². The highest BCUT2D eigenvalue weighted by Crippen LogP contribution is 2.29. The van der Waals surface area contributed by atoms with Gasteiger partial charge in [0.1, 0.15) is 19.0 Å². The van der Waals surface area contributed by atoms with Crippen molar-refractivity contribution in [1.29, 1.82) is 0 Å². The topological polar surface area (TPSA) is 76.7 Å². The van der Waals surface area contributed by atoms with Gasteiger partial charge in [0.25, 0.3) is 11.8 Å². The van der Waals surface area contributed by atoms with Crippen molar-refractivity contribution in [2.45, 2.75) is 6.18 Å². The lowest BCUT2D eigenvalue weighted by Gasteiger charge is -2.12. The molecule has 0 aliphatic rings. The first-order chi connectivity index (χ1) is 12.8. The molecule has 2 amide bonds. The third-order valence-corrected chi connectivity index (χ3v) is 3.17. The molecule has 0 unspecified atom stereocenters. The predicted octanol–water partition coefficient (Wildman–Crippen LogP) is 2.46. The number of nitrogens with one attached hydrogen (secondary N) is 2. The highest BCUT2D eigenvalue weighted by molar-refractivity contribution is 5.83. The van der Waals surface area contributed by atoms with E-state index >= 15 is 0 Å². The van der Waals surface area contributed by atoms with E-state index in [0.29, 0.717) is 5.75 Å². The molecule has 6 nitrogen and oxygen atoms in total. The van der Waals surface area contributed by atoms with Crippen LogP contribution in [0.5, 0.6) is 5.75 Å². The largest absolute Gasteiger partial charge is 0.483 e. The van der Waals surface area contributed by atoms with Gasteiger partial charge in [0, 0.05) is 5.56 Å². The maximum atomic E-state index is 11.9. The molecule has 9 heteroatoms. The van der Waals surface area contributed by atoms with Gasteiger partial charge in [-0.15, -0.1) is 0 Å². The van der Waals surface area contributed by atoms with Gasteiger partial charge in [0.2, 0.25) is 0 Å². The summed E-state index contributed by atoms with van der Waals surface area (Å²) in [5.74, 6) is -1.13. The van der Waals surface area contributed by atoms with Crippen molar-refractivity contribution in [1.82, 2.24) is 10.9 Å². The van der Waals surface area contributed by atoms with Crippen molar-refractivity contribution in [2.75, 3.05) is 19.8 Å². The molecule has 0 heterocycles. The Morgan fingerprint density at radius 2 is 1.44 bits per heavy atom. The van der Waals surface area contributed by atoms with Gasteiger partial charge in [0.15, 0.2) is 6.61 Å². The number of para-hydroxylation sites is 1. The molecular formula is C18H17F3N2O4. The normalized spacial score (nSPS) is 10.9. The standard InChI is InChI=1S/C18H17F3N2O4/c19-18(20,21)12-26-10-16(24)22-23-17(25)11-27-15-9-5-4-8-14(15)13-6-2-1-3-7-13/h1-9H,10-12H2,(H,22,24)(H,23,25). The smallest absolute Gasteiger partial charge is 0.411 e. The Labute approximate surface area is 153 Å². The maximum Gasteiger partial charge on any atom is 0.411 e. The second-order valence-electron chi connectivity index (χ2n) is 5.36. The molecule has 0 fully saturated rings. The molecule has 0 aliphatic heterocycles. The highest BCUT2D eigenvalue weighted by Gasteiger charge is 2.27. The van der Waals surface area contributed by atoms with Crippen LogP contribution in [0.4, 0.5) is 13.2 Å². The van der Waals surface area contributed by atoms with Crippen LogP contribution in [-0.2, 0) is 14.3 Å². The van der Waals surface area contributed by atoms with Crippen molar-refractivity contribution in [3.05, 3.63) is 54.6 Å². The van der Waals surface area contributed by atoms with Crippen LogP contribution in [-0.4, -0.2) is 37.8 Å². The quantitative estimate of drug-likeness (QED) is 0.722. The molecular weight excluding hydrogens is 365 g/mol. The zero-order valence-corrected chi connectivity index (χ0v) is 14.1. The molecule has 0 saturated heterocycles. The first-order valence-electron chi connectivity index (χ1n) is 7.84. The van der Waals surface area contributed by atoms with Gasteiger partial charge in [-0.05, 0) is 11.6 Å². The van der Waals surface area contributed by atoms with Crippen molar-refractivity contribution in [3.63, 3.8) is 0 Å². The average Bonchev–Trinajstić information content (AvgIpc) is 2.64. The molecule has 2 aromatic carbocycles. The van der Waals surface area contributed by atoms with E-state index in [1.807, 2.05) is 53.3 Å². The molecule has 0 radical (unpaired) electrons. The van der Waals surface area contributed by atoms with E-state index in [4.69, 9.17) is 4.74 Å². The molecule has 0 bridgehead atoms. The number of benzene rings is 2. The highest BCUT2D eigenvalue weighted by atomic mass is 19.4. The Morgan fingerprint density at radius 3 is 2.11 bits per heavy atom. The third kappa shape index (κ3) is 7.37. The van der Waals surface area contributed by atoms with E-state index in [2.05, 4.69) is 4.74 Å². The SMILES string of the molecule is O=C(COCC(F)(F)F)NNC(=O)COc1ccccc1-c1ccccc1. The zero-order chi connectivity index (χ0) is 19.7. The summed E-state index contributed by atoms with van der Waals surface area (Å²) in [6, 6.07) is 16.5. The van der Waals surface area contributed by atoms with Crippen LogP contribution < -0.4 is 15.6 Å². The van der Waals surface area contributed by atoms with Gasteiger partial charge in [0.05, 0.1) is 0 Å². The molecule has 0 spiro atoms. The van der Waals surface area contributed by atoms with E-state index in [1.165, 1.54) is 0 Å². The fourth-order valence-corrected chi connectivity index (χ4v) is 2.06. The van der Waals surface area contributed by atoms with Crippen LogP contribution in [0.3, 0.4) is 0 Å². The number of halogens is 3. The number of alkyl halides is 3. The Hall–Kier alpha value is -3.07. The number of hydrazine groups is 1. The van der Waals surface area contributed by atoms with Crippen molar-refractivity contribution >= 4 is 11.8 Å². The Balaban J connectivity index is 1.79. The van der Waals surface area contributed by atoms with Crippen molar-refractivity contribution in [2.24, 2.45) is 0 Å². The number of carbonyl (C=O) groups excluding carboxylic acids is 2. The van der Waals surface area contributed by atoms with Crippen molar-refractivity contribution < 1.29 is 32.2 Å². The van der Waals surface area contributed by atoms with Crippen LogP contribution in [0.25, 0.3) is 11.1 Å². The fourth-order valence-electron chi connectivity index (χ4n) is 2.06. The van der Waals surface area contributed by atoms with E-state index in [9.17, 15) is 22.8 Å². The van der Waals surface area contributed by atoms with Crippen LogP contribution >= 0.6 is 0 Å². The van der Waals surface area contributed by atoms with Crippen LogP contribution in [0.15, 0.2) is 54.6 Å². The summed E-state index contributed by atoms with van der Waals surface area (Å²) in [5.41, 5.74) is 5.67. The fraction of sp³-hybridized carbons (Fsp3) is 0.222. The summed E-state index contributed by atoms with van der Waals surface area (Å²) < 4.78 is 45.3. The summed E-state index contributed by atoms with van der Waals surface area (Å²) in [6.45, 7) is -2.78. The molecule has 0 saturated carbocycles. The van der Waals surface area contributed by atoms with Crippen molar-refractivity contribution in [3.8, 4) is 16.9 Å². The van der Waals surface area contributed by atoms with Crippen LogP contribution in [0.2, 0.25) is 0 Å². The summed E-state index contributed by atoms with van der Waals surface area (Å²) >= 11 is 0. The van der Waals surface area contributed by atoms with Gasteiger partial charge < -0.3 is 9.47 Å². The minimum atomic E-state index is -4.52. The summed E-state index contributed by atoms with van der Waals surface area (Å²) in [7, 11) is 0. The lowest BCUT2D eigenvalue weighted by Crippen LogP contribution is -2.45. The average molecular weight is 382 g/mol. The van der Waals surface area contributed by atoms with Gasteiger partial charge in [-0.25, -0.2) is 0 Å². The number of hydrogen-bond donors (Lipinski definition) is 2. The maximum absolute atomic E-state index is 11.9. The van der Waals surface area contributed by atoms with Gasteiger partial charge >= 0.3 is 6.18 Å². The third-order valence-electron chi connectivity index (χ3n) is 3.17. The second-order valence-corrected chi connectivity index (χ2v) is 5.36. The lowest BCUT2D eigenvalue weighted by atomic mass is 10.1. The molecule has 0 atom stereocenters. The molecule has 27 heavy (non-hydrogen) atoms. The second kappa shape index (κ2) is 9.58. The van der Waals surface area contributed by atoms with Crippen LogP contribution in [0.1, 0.15) is 0 Å². The van der Waals surface area contributed by atoms with E-state index < -0.39 is 37.8 Å². The molecule has 144 valence electrons. The van der Waals surface area contributed by atoms with Gasteiger partial charge in [-0.3, -0.25) is 20.4 Å². The van der Waals surface area contributed by atoms with Gasteiger partial charge in [-0.2, -0.15) is 13.2 Å². The Morgan fingerprint density at radius 1 is 0.852 bits per heavy atom. The minimum absolute atomic E-state index is 0.395. The lowest BCUT2D eigenvalue weighted by molar-refractivity contribution is -0.176. The minimum Gasteiger partial charge on any atom is -0.483 e. The number of carbonyl (C=O) groups is 2. The Kier molecular flexibility index (Phi) is 7.18. The molecule has 0 aromatic heterocycles. The first-order valence-corrected chi connectivity index (χ1v) is 7.84. The number of hydrogen-bond acceptors (Lipinski definition) is 4. The number of amides is 2. The molecule has 2 rings (SSSR count). The summed E-state index contributed by atoms with van der Waals surface area (Å²) in [4.78, 5) is 23.0. The predicted molar refractivity (Wildman–Crippen MR) is 90.5 cm³/mol. The first kappa shape index (κ1) is 20.2.